The van der Waals surface area contributed by atoms with Crippen molar-refractivity contribution in [2.75, 3.05) is 19.0 Å². The number of hydrogen-bond acceptors (Lipinski definition) is 5. The molecule has 8 heteroatoms. The number of halogens is 2. The highest BCUT2D eigenvalue weighted by molar-refractivity contribution is 5.91. The molecule has 2 N–H and O–H groups in total. The van der Waals surface area contributed by atoms with E-state index in [-0.39, 0.29) is 17.3 Å². The molecule has 6 nitrogen and oxygen atoms in total. The number of fused-ring (bicyclic) bond motifs is 1. The number of furan rings is 1. The van der Waals surface area contributed by atoms with E-state index in [0.29, 0.717) is 23.2 Å². The second-order valence-corrected chi connectivity index (χ2v) is 5.31. The molecule has 2 aromatic carbocycles. The minimum Gasteiger partial charge on any atom is -0.475 e. The Hall–Kier alpha value is -3.29. The number of carboxylic acids is 1. The minimum atomic E-state index is -1.13. The first-order valence-electron chi connectivity index (χ1n) is 7.62. The second kappa shape index (κ2) is 7.73. The molecule has 0 fully saturated rings. The lowest BCUT2D eigenvalue weighted by Gasteiger charge is -2.12. The third kappa shape index (κ3) is 3.85. The molecular formula is C18H15F2NO5. The molecule has 1 heterocycles. The van der Waals surface area contributed by atoms with E-state index in [1.165, 1.54) is 18.2 Å². The number of carbonyl (C=O) groups is 1. The number of carboxylic acid groups (broad SMARTS) is 1. The van der Waals surface area contributed by atoms with Gasteiger partial charge in [0.2, 0.25) is 19.5 Å². The Balaban J connectivity index is 1.74. The van der Waals surface area contributed by atoms with Gasteiger partial charge >= 0.3 is 5.97 Å². The van der Waals surface area contributed by atoms with Gasteiger partial charge in [-0.05, 0) is 29.8 Å². The molecule has 136 valence electrons. The fourth-order valence-corrected chi connectivity index (χ4v) is 2.46. The Bertz CT molecular complexity index is 925. The number of anilines is 1. The number of nitrogens with one attached hydrogen (secondary N) is 1. The van der Waals surface area contributed by atoms with Gasteiger partial charge in [0.15, 0.2) is 11.5 Å². The highest BCUT2D eigenvalue weighted by Crippen LogP contribution is 2.31. The lowest BCUT2D eigenvalue weighted by molar-refractivity contribution is 0.0665. The number of benzene rings is 2. The van der Waals surface area contributed by atoms with Gasteiger partial charge in [0.05, 0.1) is 0 Å². The number of rotatable bonds is 8. The molecule has 1 aromatic heterocycles. The molecule has 26 heavy (non-hydrogen) atoms. The van der Waals surface area contributed by atoms with Crippen LogP contribution in [0.4, 0.5) is 14.5 Å². The molecule has 0 atom stereocenters. The monoisotopic (exact) mass is 363 g/mol. The normalized spacial score (nSPS) is 10.7. The molecule has 0 radical (unpaired) electrons. The van der Waals surface area contributed by atoms with E-state index in [4.69, 9.17) is 19.0 Å². The van der Waals surface area contributed by atoms with Crippen molar-refractivity contribution in [3.63, 3.8) is 0 Å². The summed E-state index contributed by atoms with van der Waals surface area (Å²) in [6.07, 6.45) is 0. The Morgan fingerprint density at radius 3 is 2.54 bits per heavy atom. The van der Waals surface area contributed by atoms with Gasteiger partial charge in [-0.3, -0.25) is 0 Å². The van der Waals surface area contributed by atoms with Crippen molar-refractivity contribution in [1.82, 2.24) is 0 Å². The highest BCUT2D eigenvalue weighted by Gasteiger charge is 2.11. The van der Waals surface area contributed by atoms with Gasteiger partial charge in [0.1, 0.15) is 5.58 Å². The van der Waals surface area contributed by atoms with Crippen LogP contribution >= 0.6 is 0 Å². The largest absolute Gasteiger partial charge is 0.475 e. The molecule has 0 aliphatic rings. The Morgan fingerprint density at radius 2 is 1.81 bits per heavy atom. The van der Waals surface area contributed by atoms with E-state index in [0.717, 1.165) is 5.56 Å². The van der Waals surface area contributed by atoms with E-state index >= 15 is 0 Å². The quantitative estimate of drug-likeness (QED) is 0.619. The van der Waals surface area contributed by atoms with Crippen LogP contribution in [-0.4, -0.2) is 24.8 Å². The van der Waals surface area contributed by atoms with Crippen LogP contribution in [0.25, 0.3) is 11.0 Å². The molecule has 0 aliphatic heterocycles. The zero-order valence-electron chi connectivity index (χ0n) is 13.5. The first-order chi connectivity index (χ1) is 12.6. The van der Waals surface area contributed by atoms with E-state index in [9.17, 15) is 13.6 Å². The SMILES string of the molecule is O=C(O)c1cc2ccc(CNc3ccc(OCF)c(OCF)c3)cc2o1. The molecule has 0 spiro atoms. The van der Waals surface area contributed by atoms with E-state index in [1.54, 1.807) is 18.2 Å². The van der Waals surface area contributed by atoms with Crippen molar-refractivity contribution in [1.29, 1.82) is 0 Å². The van der Waals surface area contributed by atoms with Crippen molar-refractivity contribution < 1.29 is 32.6 Å². The molecule has 0 unspecified atom stereocenters. The van der Waals surface area contributed by atoms with E-state index < -0.39 is 19.7 Å². The summed E-state index contributed by atoms with van der Waals surface area (Å²) in [7, 11) is 0. The van der Waals surface area contributed by atoms with Crippen LogP contribution in [0.2, 0.25) is 0 Å². The molecule has 0 aliphatic carbocycles. The van der Waals surface area contributed by atoms with Crippen LogP contribution in [0, 0.1) is 0 Å². The summed E-state index contributed by atoms with van der Waals surface area (Å²) >= 11 is 0. The molecular weight excluding hydrogens is 348 g/mol. The zero-order chi connectivity index (χ0) is 18.5. The van der Waals surface area contributed by atoms with Gasteiger partial charge in [-0.1, -0.05) is 12.1 Å². The highest BCUT2D eigenvalue weighted by atomic mass is 19.1. The van der Waals surface area contributed by atoms with E-state index in [2.05, 4.69) is 5.32 Å². The van der Waals surface area contributed by atoms with E-state index in [1.807, 2.05) is 6.07 Å². The number of aromatic carboxylic acids is 1. The Kier molecular flexibility index (Phi) is 5.21. The van der Waals surface area contributed by atoms with Crippen LogP contribution in [0.5, 0.6) is 11.5 Å². The van der Waals surface area contributed by atoms with Crippen molar-refractivity contribution in [2.24, 2.45) is 0 Å². The standard InChI is InChI=1S/C18H15F2NO5/c19-9-24-14-4-3-13(7-16(14)25-10-20)21-8-11-1-2-12-6-17(18(22)23)26-15(12)5-11/h1-7,21H,8-10H2,(H,22,23). The summed E-state index contributed by atoms with van der Waals surface area (Å²) in [4.78, 5) is 10.9. The fraction of sp³-hybridized carbons (Fsp3) is 0.167. The van der Waals surface area contributed by atoms with Crippen molar-refractivity contribution >= 4 is 22.6 Å². The number of alkyl halides is 2. The maximum atomic E-state index is 12.4. The van der Waals surface area contributed by atoms with Gasteiger partial charge in [-0.25, -0.2) is 13.6 Å². The first kappa shape index (κ1) is 17.5. The lowest BCUT2D eigenvalue weighted by Crippen LogP contribution is -2.01. The summed E-state index contributed by atoms with van der Waals surface area (Å²) in [5.41, 5.74) is 1.93. The molecule has 0 amide bonds. The van der Waals surface area contributed by atoms with Crippen LogP contribution in [0.1, 0.15) is 16.1 Å². The van der Waals surface area contributed by atoms with Crippen molar-refractivity contribution in [3.05, 3.63) is 53.8 Å². The molecule has 0 saturated carbocycles. The second-order valence-electron chi connectivity index (χ2n) is 5.31. The summed E-state index contributed by atoms with van der Waals surface area (Å²) < 4.78 is 39.6. The average molecular weight is 363 g/mol. The average Bonchev–Trinajstić information content (AvgIpc) is 3.06. The van der Waals surface area contributed by atoms with Crippen LogP contribution < -0.4 is 14.8 Å². The maximum absolute atomic E-state index is 12.4. The van der Waals surface area contributed by atoms with Gasteiger partial charge in [-0.15, -0.1) is 0 Å². The fourth-order valence-electron chi connectivity index (χ4n) is 2.46. The van der Waals surface area contributed by atoms with Crippen molar-refractivity contribution in [3.8, 4) is 11.5 Å². The van der Waals surface area contributed by atoms with Gasteiger partial charge in [-0.2, -0.15) is 0 Å². The molecule has 0 saturated heterocycles. The zero-order valence-corrected chi connectivity index (χ0v) is 13.5. The minimum absolute atomic E-state index is 0.0859. The smallest absolute Gasteiger partial charge is 0.371 e. The molecule has 0 bridgehead atoms. The van der Waals surface area contributed by atoms with Crippen LogP contribution in [0.3, 0.4) is 0 Å². The predicted octanol–water partition coefficient (Wildman–Crippen LogP) is 4.35. The van der Waals surface area contributed by atoms with Crippen LogP contribution in [-0.2, 0) is 6.54 Å². The Labute approximate surface area is 146 Å². The molecule has 3 rings (SSSR count). The number of ether oxygens (including phenoxy) is 2. The third-order valence-corrected chi connectivity index (χ3v) is 3.66. The summed E-state index contributed by atoms with van der Waals surface area (Å²) in [5.74, 6) is -1.06. The maximum Gasteiger partial charge on any atom is 0.371 e. The Morgan fingerprint density at radius 1 is 1.04 bits per heavy atom. The third-order valence-electron chi connectivity index (χ3n) is 3.66. The predicted molar refractivity (Wildman–Crippen MR) is 90.1 cm³/mol. The van der Waals surface area contributed by atoms with Gasteiger partial charge in [0, 0.05) is 23.7 Å². The van der Waals surface area contributed by atoms with Crippen molar-refractivity contribution in [2.45, 2.75) is 6.54 Å². The first-order valence-corrected chi connectivity index (χ1v) is 7.62. The topological polar surface area (TPSA) is 80.9 Å². The van der Waals surface area contributed by atoms with Gasteiger partial charge in [0.25, 0.3) is 0 Å². The molecule has 3 aromatic rings. The number of hydrogen-bond donors (Lipinski definition) is 2. The summed E-state index contributed by atoms with van der Waals surface area (Å²) in [6, 6.07) is 11.4. The lowest BCUT2D eigenvalue weighted by atomic mass is 10.1. The van der Waals surface area contributed by atoms with Crippen LogP contribution in [0.15, 0.2) is 46.9 Å². The summed E-state index contributed by atoms with van der Waals surface area (Å²) in [6.45, 7) is -1.71. The summed E-state index contributed by atoms with van der Waals surface area (Å²) in [5, 5.41) is 12.8. The van der Waals surface area contributed by atoms with Gasteiger partial charge < -0.3 is 24.3 Å².